The molecule has 1 aromatic rings. The van der Waals surface area contributed by atoms with E-state index in [2.05, 4.69) is 66.7 Å². The summed E-state index contributed by atoms with van der Waals surface area (Å²) in [6, 6.07) is 6.95. The second-order valence-electron chi connectivity index (χ2n) is 8.05. The number of likely N-dealkylation sites (N-methyl/N-ethyl adjacent to an activating group) is 2. The number of anilines is 1. The molecule has 1 saturated heterocycles. The molecule has 0 N–H and O–H groups in total. The molecule has 3 heterocycles. The molecule has 134 valence electrons. The first-order valence-corrected chi connectivity index (χ1v) is 9.76. The van der Waals surface area contributed by atoms with Gasteiger partial charge in [0.2, 0.25) is 0 Å². The fourth-order valence-electron chi connectivity index (χ4n) is 4.78. The quantitative estimate of drug-likeness (QED) is 0.722. The average Bonchev–Trinajstić information content (AvgIpc) is 2.79. The molecule has 0 saturated carbocycles. The molecule has 1 atom stereocenters. The molecule has 1 unspecified atom stereocenters. The van der Waals surface area contributed by atoms with Gasteiger partial charge in [-0.3, -0.25) is 4.99 Å². The Morgan fingerprint density at radius 1 is 1.08 bits per heavy atom. The van der Waals surface area contributed by atoms with Crippen LogP contribution >= 0.6 is 0 Å². The van der Waals surface area contributed by atoms with Crippen LogP contribution in [0.1, 0.15) is 24.8 Å². The summed E-state index contributed by atoms with van der Waals surface area (Å²) < 4.78 is 0.748. The third kappa shape index (κ3) is 2.40. The van der Waals surface area contributed by atoms with Gasteiger partial charge in [0, 0.05) is 49.7 Å². The van der Waals surface area contributed by atoms with Crippen LogP contribution in [0.15, 0.2) is 58.5 Å². The monoisotopic (exact) mass is 347 g/mol. The van der Waals surface area contributed by atoms with Gasteiger partial charge in [0.15, 0.2) is 11.4 Å². The summed E-state index contributed by atoms with van der Waals surface area (Å²) in [5.74, 6) is 0. The van der Waals surface area contributed by atoms with Crippen molar-refractivity contribution in [2.75, 3.05) is 45.2 Å². The predicted octanol–water partition coefficient (Wildman–Crippen LogP) is 3.66. The Bertz CT molecular complexity index is 868. The highest BCUT2D eigenvalue weighted by atomic mass is 15.4. The molecule has 0 bridgehead atoms. The Balaban J connectivity index is 1.62. The third-order valence-electron chi connectivity index (χ3n) is 6.33. The van der Waals surface area contributed by atoms with Crippen molar-refractivity contribution in [2.45, 2.75) is 19.3 Å². The lowest BCUT2D eigenvalue weighted by molar-refractivity contribution is 0.313. The van der Waals surface area contributed by atoms with Crippen LogP contribution in [0, 0.1) is 0 Å². The van der Waals surface area contributed by atoms with E-state index in [-0.39, 0.29) is 0 Å². The van der Waals surface area contributed by atoms with Crippen molar-refractivity contribution < 1.29 is 0 Å². The van der Waals surface area contributed by atoms with Crippen molar-refractivity contribution in [3.8, 4) is 0 Å². The van der Waals surface area contributed by atoms with E-state index in [0.29, 0.717) is 0 Å². The lowest BCUT2D eigenvalue weighted by atomic mass is 9.91. The Hall–Kier alpha value is -2.17. The summed E-state index contributed by atoms with van der Waals surface area (Å²) in [5, 5.41) is 0. The van der Waals surface area contributed by atoms with Crippen LogP contribution in [0.5, 0.6) is 0 Å². The molecular weight excluding hydrogens is 320 g/mol. The molecule has 3 aliphatic heterocycles. The minimum atomic E-state index is 0.748. The van der Waals surface area contributed by atoms with Gasteiger partial charge in [-0.1, -0.05) is 0 Å². The maximum atomic E-state index is 4.91. The van der Waals surface area contributed by atoms with E-state index in [9.17, 15) is 0 Å². The molecule has 4 heteroatoms. The van der Waals surface area contributed by atoms with E-state index < -0.39 is 0 Å². The molecule has 0 aromatic heterocycles. The number of aliphatic imine (C=N–C) groups is 1. The fraction of sp³-hybridized carbons (Fsp3) is 0.409. The van der Waals surface area contributed by atoms with Gasteiger partial charge in [0.25, 0.3) is 0 Å². The van der Waals surface area contributed by atoms with E-state index in [1.54, 1.807) is 0 Å². The maximum absolute atomic E-state index is 4.91. The van der Waals surface area contributed by atoms with Crippen molar-refractivity contribution in [2.24, 2.45) is 4.99 Å². The van der Waals surface area contributed by atoms with Crippen molar-refractivity contribution in [3.63, 3.8) is 0 Å². The van der Waals surface area contributed by atoms with Crippen molar-refractivity contribution in [3.05, 3.63) is 59.1 Å². The highest BCUT2D eigenvalue weighted by Crippen LogP contribution is 2.45. The molecule has 0 spiro atoms. The maximum Gasteiger partial charge on any atom is 0.167 e. The van der Waals surface area contributed by atoms with Crippen LogP contribution in [0.25, 0.3) is 0 Å². The molecule has 26 heavy (non-hydrogen) atoms. The predicted molar refractivity (Wildman–Crippen MR) is 110 cm³/mol. The topological polar surface area (TPSA) is 18.8 Å². The van der Waals surface area contributed by atoms with Gasteiger partial charge in [0.1, 0.15) is 11.9 Å². The second kappa shape index (κ2) is 5.93. The normalized spacial score (nSPS) is 27.8. The molecule has 5 rings (SSSR count). The van der Waals surface area contributed by atoms with E-state index in [1.165, 1.54) is 46.7 Å². The first kappa shape index (κ1) is 16.0. The average molecular weight is 347 g/mol. The number of rotatable bonds is 1. The van der Waals surface area contributed by atoms with Crippen LogP contribution in [0.2, 0.25) is 0 Å². The number of nitrogens with zero attached hydrogens (tertiary/aromatic N) is 4. The third-order valence-corrected chi connectivity index (χ3v) is 6.33. The molecule has 1 fully saturated rings. The van der Waals surface area contributed by atoms with Gasteiger partial charge in [-0.05, 0) is 50.6 Å². The SMILES string of the molecule is CN1CCN(c2ccc3c(c2)[N+]2(C)C=CC=C4CCCC(=C42)N=C3)CC1. The molecule has 1 aliphatic carbocycles. The minimum absolute atomic E-state index is 0.748. The van der Waals surface area contributed by atoms with Gasteiger partial charge in [-0.25, -0.2) is 4.48 Å². The van der Waals surface area contributed by atoms with Crippen LogP contribution in [-0.2, 0) is 0 Å². The Kier molecular flexibility index (Phi) is 3.66. The van der Waals surface area contributed by atoms with E-state index in [4.69, 9.17) is 4.99 Å². The van der Waals surface area contributed by atoms with Gasteiger partial charge in [-0.2, -0.15) is 0 Å². The summed E-state index contributed by atoms with van der Waals surface area (Å²) >= 11 is 0. The van der Waals surface area contributed by atoms with Crippen molar-refractivity contribution in [1.29, 1.82) is 0 Å². The van der Waals surface area contributed by atoms with Crippen LogP contribution in [0.4, 0.5) is 11.4 Å². The zero-order chi connectivity index (χ0) is 17.7. The molecular formula is C22H27N4+. The van der Waals surface area contributed by atoms with Crippen LogP contribution in [0.3, 0.4) is 0 Å². The van der Waals surface area contributed by atoms with E-state index in [1.807, 2.05) is 0 Å². The molecule has 1 aromatic carbocycles. The minimum Gasteiger partial charge on any atom is -0.369 e. The highest BCUT2D eigenvalue weighted by molar-refractivity contribution is 5.91. The lowest BCUT2D eigenvalue weighted by Gasteiger charge is -2.38. The van der Waals surface area contributed by atoms with Crippen molar-refractivity contribution >= 4 is 17.6 Å². The number of hydrogen-bond donors (Lipinski definition) is 0. The summed E-state index contributed by atoms with van der Waals surface area (Å²) in [4.78, 5) is 9.84. The first-order chi connectivity index (χ1) is 12.6. The smallest absolute Gasteiger partial charge is 0.167 e. The lowest BCUT2D eigenvalue weighted by Crippen LogP contribution is -2.45. The van der Waals surface area contributed by atoms with Crippen LogP contribution in [-0.4, -0.2) is 51.4 Å². The molecule has 4 nitrogen and oxygen atoms in total. The van der Waals surface area contributed by atoms with Gasteiger partial charge < -0.3 is 9.80 Å². The van der Waals surface area contributed by atoms with Crippen LogP contribution < -0.4 is 9.38 Å². The Labute approximate surface area is 156 Å². The summed E-state index contributed by atoms with van der Waals surface area (Å²) in [6.45, 7) is 4.46. The Morgan fingerprint density at radius 3 is 2.77 bits per heavy atom. The van der Waals surface area contributed by atoms with Gasteiger partial charge in [-0.15, -0.1) is 0 Å². The number of allylic oxidation sites excluding steroid dienone is 4. The largest absolute Gasteiger partial charge is 0.369 e. The first-order valence-electron chi connectivity index (χ1n) is 9.76. The van der Waals surface area contributed by atoms with E-state index in [0.717, 1.165) is 37.1 Å². The number of fused-ring (bicyclic) bond motifs is 2. The highest BCUT2D eigenvalue weighted by Gasteiger charge is 2.40. The number of piperazine rings is 1. The zero-order valence-corrected chi connectivity index (χ0v) is 15.8. The summed E-state index contributed by atoms with van der Waals surface area (Å²) in [7, 11) is 4.53. The number of benzene rings is 1. The molecule has 4 aliphatic rings. The summed E-state index contributed by atoms with van der Waals surface area (Å²) in [6.07, 6.45) is 12.4. The number of quaternary nitrogens is 1. The van der Waals surface area contributed by atoms with Crippen molar-refractivity contribution in [1.82, 2.24) is 9.38 Å². The summed E-state index contributed by atoms with van der Waals surface area (Å²) in [5.41, 5.74) is 8.07. The van der Waals surface area contributed by atoms with Gasteiger partial charge >= 0.3 is 0 Å². The Morgan fingerprint density at radius 2 is 1.92 bits per heavy atom. The number of hydrogen-bond acceptors (Lipinski definition) is 3. The molecule has 0 radical (unpaired) electrons. The standard InChI is InChI=1S/C22H27N4/c1-24-10-12-25(13-11-24)19-9-8-18-16-23-20-7-3-5-17-6-4-14-26(2,22(17)20)21(18)15-19/h4,6,8-9,14-16H,3,5,7,10-13H2,1-2H3/q+1. The van der Waals surface area contributed by atoms with Gasteiger partial charge in [0.05, 0.1) is 12.6 Å². The zero-order valence-electron chi connectivity index (χ0n) is 15.8. The second-order valence-corrected chi connectivity index (χ2v) is 8.05. The van der Waals surface area contributed by atoms with E-state index >= 15 is 0 Å². The molecule has 0 amide bonds. The fourth-order valence-corrected chi connectivity index (χ4v) is 4.78.